The molecule has 0 aromatic heterocycles. The molecule has 0 radical (unpaired) electrons. The van der Waals surface area contributed by atoms with Crippen molar-refractivity contribution in [2.24, 2.45) is 0 Å². The Morgan fingerprint density at radius 1 is 0.583 bits per heavy atom. The molecule has 3 atom stereocenters. The van der Waals surface area contributed by atoms with Crippen LogP contribution in [0.2, 0.25) is 0 Å². The summed E-state index contributed by atoms with van der Waals surface area (Å²) in [5.41, 5.74) is 0. The van der Waals surface area contributed by atoms with E-state index in [4.69, 9.17) is 28.4 Å². The second kappa shape index (κ2) is 13.9. The molecule has 3 unspecified atom stereocenters. The normalized spacial score (nSPS) is 18.1. The molecule has 0 saturated carbocycles. The number of nitrogens with zero attached hydrogens (tertiary/aromatic N) is 1. The van der Waals surface area contributed by atoms with Crippen molar-refractivity contribution in [3.8, 4) is 0 Å². The van der Waals surface area contributed by atoms with Crippen molar-refractivity contribution in [2.45, 2.75) is 46.4 Å². The molecule has 0 bridgehead atoms. The van der Waals surface area contributed by atoms with Gasteiger partial charge in [-0.15, -0.1) is 0 Å². The van der Waals surface area contributed by atoms with Crippen LogP contribution in [0.15, 0.2) is 0 Å². The van der Waals surface area contributed by atoms with Crippen LogP contribution in [0.1, 0.15) is 27.7 Å². The summed E-state index contributed by atoms with van der Waals surface area (Å²) in [6.07, 6.45) is -0.291. The van der Waals surface area contributed by atoms with E-state index in [0.717, 1.165) is 6.54 Å². The molecule has 0 aliphatic rings. The van der Waals surface area contributed by atoms with E-state index in [0.29, 0.717) is 44.1 Å². The molecular weight excluding hydrogens is 314 g/mol. The lowest BCUT2D eigenvalue weighted by Gasteiger charge is -2.49. The Balaban J connectivity index is 5.09. The molecule has 0 N–H and O–H groups in total. The fourth-order valence-electron chi connectivity index (χ4n) is 2.98. The van der Waals surface area contributed by atoms with Crippen molar-refractivity contribution in [1.29, 1.82) is 0 Å². The van der Waals surface area contributed by atoms with Gasteiger partial charge in [0.15, 0.2) is 18.7 Å². The third kappa shape index (κ3) is 7.31. The maximum atomic E-state index is 6.02. The zero-order chi connectivity index (χ0) is 18.4. The second-order valence-electron chi connectivity index (χ2n) is 5.70. The number of rotatable bonds is 16. The molecule has 0 aromatic carbocycles. The topological polar surface area (TPSA) is 55.4 Å². The fourth-order valence-corrected chi connectivity index (χ4v) is 2.98. The van der Waals surface area contributed by atoms with Gasteiger partial charge in [-0.1, -0.05) is 0 Å². The van der Waals surface area contributed by atoms with Gasteiger partial charge in [-0.05, 0) is 6.92 Å². The van der Waals surface area contributed by atoms with Gasteiger partial charge in [0.05, 0.1) is 46.2 Å². The van der Waals surface area contributed by atoms with Gasteiger partial charge in [0, 0.05) is 42.1 Å². The maximum absolute atomic E-state index is 6.02. The molecule has 0 spiro atoms. The van der Waals surface area contributed by atoms with Crippen molar-refractivity contribution < 1.29 is 32.9 Å². The minimum Gasteiger partial charge on any atom is -0.382 e. The van der Waals surface area contributed by atoms with Crippen LogP contribution in [0.5, 0.6) is 0 Å². The molecule has 0 aliphatic carbocycles. The molecule has 0 amide bonds. The van der Waals surface area contributed by atoms with Gasteiger partial charge in [-0.2, -0.15) is 0 Å². The van der Waals surface area contributed by atoms with E-state index in [1.165, 1.54) is 0 Å². The molecule has 0 rings (SSSR count). The van der Waals surface area contributed by atoms with Crippen molar-refractivity contribution in [3.05, 3.63) is 0 Å². The summed E-state index contributed by atoms with van der Waals surface area (Å²) >= 11 is 0. The third-order valence-electron chi connectivity index (χ3n) is 4.52. The summed E-state index contributed by atoms with van der Waals surface area (Å²) in [6, 6.07) is 0. The number of ether oxygens (including phenoxy) is 6. The summed E-state index contributed by atoms with van der Waals surface area (Å²) in [7, 11) is 5.01. The zero-order valence-electron chi connectivity index (χ0n) is 16.6. The lowest BCUT2D eigenvalue weighted by molar-refractivity contribution is -1.04. The Morgan fingerprint density at radius 2 is 0.875 bits per heavy atom. The Labute approximate surface area is 147 Å². The summed E-state index contributed by atoms with van der Waals surface area (Å²) < 4.78 is 33.9. The lowest BCUT2D eigenvalue weighted by atomic mass is 10.2. The molecule has 146 valence electrons. The molecular formula is C17H38NO6+. The van der Waals surface area contributed by atoms with Crippen molar-refractivity contribution in [1.82, 2.24) is 0 Å². The first-order valence-corrected chi connectivity index (χ1v) is 8.69. The first-order chi connectivity index (χ1) is 11.5. The highest BCUT2D eigenvalue weighted by Gasteiger charge is 2.45. The average Bonchev–Trinajstić information content (AvgIpc) is 2.56. The van der Waals surface area contributed by atoms with Crippen LogP contribution in [0.25, 0.3) is 0 Å². The minimum absolute atomic E-state index is 0.0970. The van der Waals surface area contributed by atoms with Crippen LogP contribution in [0, 0.1) is 0 Å². The van der Waals surface area contributed by atoms with Crippen LogP contribution in [0.4, 0.5) is 0 Å². The Bertz CT molecular complexity index is 251. The van der Waals surface area contributed by atoms with E-state index in [2.05, 4.69) is 27.7 Å². The van der Waals surface area contributed by atoms with E-state index >= 15 is 0 Å². The van der Waals surface area contributed by atoms with Gasteiger partial charge in [-0.3, -0.25) is 0 Å². The largest absolute Gasteiger partial charge is 0.382 e. The predicted octanol–water partition coefficient (Wildman–Crippen LogP) is 1.85. The predicted molar refractivity (Wildman–Crippen MR) is 92.7 cm³/mol. The van der Waals surface area contributed by atoms with Gasteiger partial charge < -0.3 is 28.4 Å². The van der Waals surface area contributed by atoms with Crippen LogP contribution >= 0.6 is 0 Å². The Hall–Kier alpha value is -0.280. The molecule has 0 fully saturated rings. The number of quaternary nitrogens is 1. The standard InChI is InChI=1S/C17H38NO6/c1-8-18(15(2)22-12-9-19-5,16(3)23-13-10-20-6)17(4)24-14-11-21-7/h15-17H,8-14H2,1-7H3/q+1. The molecule has 0 aromatic rings. The Kier molecular flexibility index (Phi) is 13.8. The number of hydrogen-bond acceptors (Lipinski definition) is 6. The van der Waals surface area contributed by atoms with Crippen LogP contribution in [-0.2, 0) is 28.4 Å². The van der Waals surface area contributed by atoms with Crippen LogP contribution < -0.4 is 0 Å². The fraction of sp³-hybridized carbons (Fsp3) is 1.00. The number of hydrogen-bond donors (Lipinski definition) is 0. The van der Waals surface area contributed by atoms with Crippen molar-refractivity contribution >= 4 is 0 Å². The molecule has 24 heavy (non-hydrogen) atoms. The summed E-state index contributed by atoms with van der Waals surface area (Å²) in [5, 5.41) is 0. The van der Waals surface area contributed by atoms with E-state index in [1.54, 1.807) is 21.3 Å². The highest BCUT2D eigenvalue weighted by Crippen LogP contribution is 2.27. The SMILES string of the molecule is CC[N+](C(C)OCCOC)(C(C)OCCOC)C(C)OCCOC. The number of methoxy groups -OCH3 is 3. The molecule has 7 heteroatoms. The van der Waals surface area contributed by atoms with E-state index in [1.807, 2.05) is 0 Å². The molecule has 0 heterocycles. The van der Waals surface area contributed by atoms with E-state index < -0.39 is 0 Å². The first kappa shape index (κ1) is 23.7. The molecule has 0 aliphatic heterocycles. The zero-order valence-corrected chi connectivity index (χ0v) is 16.6. The minimum atomic E-state index is -0.0970. The summed E-state index contributed by atoms with van der Waals surface area (Å²) in [6.45, 7) is 12.4. The molecule has 0 saturated heterocycles. The van der Waals surface area contributed by atoms with E-state index in [9.17, 15) is 0 Å². The molecule has 7 nitrogen and oxygen atoms in total. The first-order valence-electron chi connectivity index (χ1n) is 8.69. The van der Waals surface area contributed by atoms with Crippen molar-refractivity contribution in [3.63, 3.8) is 0 Å². The maximum Gasteiger partial charge on any atom is 0.194 e. The lowest BCUT2D eigenvalue weighted by Crippen LogP contribution is -2.66. The van der Waals surface area contributed by atoms with Gasteiger partial charge in [0.2, 0.25) is 0 Å². The Morgan fingerprint density at radius 3 is 1.08 bits per heavy atom. The smallest absolute Gasteiger partial charge is 0.194 e. The van der Waals surface area contributed by atoms with E-state index in [-0.39, 0.29) is 18.7 Å². The highest BCUT2D eigenvalue weighted by atomic mass is 16.6. The van der Waals surface area contributed by atoms with Crippen LogP contribution in [0.3, 0.4) is 0 Å². The van der Waals surface area contributed by atoms with Gasteiger partial charge >= 0.3 is 0 Å². The summed E-state index contributed by atoms with van der Waals surface area (Å²) in [4.78, 5) is 0. The van der Waals surface area contributed by atoms with Crippen molar-refractivity contribution in [2.75, 3.05) is 67.5 Å². The van der Waals surface area contributed by atoms with Crippen LogP contribution in [-0.4, -0.2) is 90.7 Å². The monoisotopic (exact) mass is 352 g/mol. The average molecular weight is 352 g/mol. The highest BCUT2D eigenvalue weighted by molar-refractivity contribution is 4.52. The summed E-state index contributed by atoms with van der Waals surface area (Å²) in [5.74, 6) is 0. The van der Waals surface area contributed by atoms with Gasteiger partial charge in [0.1, 0.15) is 0 Å². The van der Waals surface area contributed by atoms with Gasteiger partial charge in [-0.25, -0.2) is 4.48 Å². The second-order valence-corrected chi connectivity index (χ2v) is 5.70. The third-order valence-corrected chi connectivity index (χ3v) is 4.52. The quantitative estimate of drug-likeness (QED) is 0.240. The van der Waals surface area contributed by atoms with Gasteiger partial charge in [0.25, 0.3) is 0 Å².